The SMILES string of the molecule is c1ccc(NC2CCCCC2C2CCCN2)cc1. The van der Waals surface area contributed by atoms with Crippen LogP contribution in [0.5, 0.6) is 0 Å². The van der Waals surface area contributed by atoms with Crippen molar-refractivity contribution in [1.82, 2.24) is 5.32 Å². The van der Waals surface area contributed by atoms with E-state index in [0.29, 0.717) is 6.04 Å². The zero-order chi connectivity index (χ0) is 12.2. The summed E-state index contributed by atoms with van der Waals surface area (Å²) in [5.41, 5.74) is 1.28. The molecule has 3 unspecified atom stereocenters. The molecule has 0 bridgehead atoms. The van der Waals surface area contributed by atoms with Gasteiger partial charge in [0.1, 0.15) is 0 Å². The molecule has 2 fully saturated rings. The fourth-order valence-electron chi connectivity index (χ4n) is 3.65. The van der Waals surface area contributed by atoms with Crippen LogP contribution >= 0.6 is 0 Å². The van der Waals surface area contributed by atoms with E-state index in [-0.39, 0.29) is 0 Å². The van der Waals surface area contributed by atoms with E-state index < -0.39 is 0 Å². The van der Waals surface area contributed by atoms with Crippen LogP contribution in [0.1, 0.15) is 38.5 Å². The largest absolute Gasteiger partial charge is 0.382 e. The Balaban J connectivity index is 1.67. The first-order chi connectivity index (χ1) is 8.93. The average Bonchev–Trinajstić information content (AvgIpc) is 2.94. The molecular formula is C16H24N2. The van der Waals surface area contributed by atoms with Gasteiger partial charge < -0.3 is 10.6 Å². The summed E-state index contributed by atoms with van der Waals surface area (Å²) < 4.78 is 0. The van der Waals surface area contributed by atoms with E-state index in [2.05, 4.69) is 41.0 Å². The van der Waals surface area contributed by atoms with Crippen LogP contribution < -0.4 is 10.6 Å². The summed E-state index contributed by atoms with van der Waals surface area (Å²) in [7, 11) is 0. The summed E-state index contributed by atoms with van der Waals surface area (Å²) in [4.78, 5) is 0. The molecule has 2 nitrogen and oxygen atoms in total. The van der Waals surface area contributed by atoms with Crippen LogP contribution in [0.2, 0.25) is 0 Å². The molecule has 2 N–H and O–H groups in total. The van der Waals surface area contributed by atoms with E-state index >= 15 is 0 Å². The van der Waals surface area contributed by atoms with Crippen LogP contribution in [0.15, 0.2) is 30.3 Å². The normalized spacial score (nSPS) is 32.3. The van der Waals surface area contributed by atoms with Crippen molar-refractivity contribution in [1.29, 1.82) is 0 Å². The Morgan fingerprint density at radius 3 is 2.56 bits per heavy atom. The highest BCUT2D eigenvalue weighted by Gasteiger charge is 2.33. The molecule has 3 rings (SSSR count). The van der Waals surface area contributed by atoms with Crippen molar-refractivity contribution < 1.29 is 0 Å². The third-order valence-electron chi connectivity index (χ3n) is 4.56. The second-order valence-electron chi connectivity index (χ2n) is 5.77. The van der Waals surface area contributed by atoms with Gasteiger partial charge in [-0.3, -0.25) is 0 Å². The molecule has 18 heavy (non-hydrogen) atoms. The van der Waals surface area contributed by atoms with Crippen LogP contribution in [0.4, 0.5) is 5.69 Å². The van der Waals surface area contributed by atoms with Gasteiger partial charge in [-0.1, -0.05) is 31.0 Å². The van der Waals surface area contributed by atoms with Gasteiger partial charge in [0, 0.05) is 17.8 Å². The van der Waals surface area contributed by atoms with Gasteiger partial charge in [0.15, 0.2) is 0 Å². The summed E-state index contributed by atoms with van der Waals surface area (Å²) in [5.74, 6) is 0.821. The van der Waals surface area contributed by atoms with Crippen molar-refractivity contribution in [2.45, 2.75) is 50.6 Å². The third kappa shape index (κ3) is 2.69. The van der Waals surface area contributed by atoms with E-state index in [9.17, 15) is 0 Å². The molecule has 1 saturated heterocycles. The number of anilines is 1. The molecule has 1 saturated carbocycles. The number of hydrogen-bond acceptors (Lipinski definition) is 2. The van der Waals surface area contributed by atoms with Crippen molar-refractivity contribution in [3.05, 3.63) is 30.3 Å². The van der Waals surface area contributed by atoms with Crippen LogP contribution in [0, 0.1) is 5.92 Å². The first-order valence-corrected chi connectivity index (χ1v) is 7.48. The average molecular weight is 244 g/mol. The van der Waals surface area contributed by atoms with E-state index in [1.807, 2.05) is 0 Å². The molecule has 1 aromatic carbocycles. The quantitative estimate of drug-likeness (QED) is 0.851. The van der Waals surface area contributed by atoms with Crippen LogP contribution in [-0.2, 0) is 0 Å². The maximum absolute atomic E-state index is 3.77. The third-order valence-corrected chi connectivity index (χ3v) is 4.56. The summed E-state index contributed by atoms with van der Waals surface area (Å²) in [6.07, 6.45) is 8.25. The molecule has 98 valence electrons. The summed E-state index contributed by atoms with van der Waals surface area (Å²) in [6, 6.07) is 12.1. The van der Waals surface area contributed by atoms with Gasteiger partial charge in [-0.25, -0.2) is 0 Å². The van der Waals surface area contributed by atoms with Gasteiger partial charge in [-0.2, -0.15) is 0 Å². The Bertz CT molecular complexity index is 357. The minimum absolute atomic E-state index is 0.664. The van der Waals surface area contributed by atoms with Gasteiger partial charge in [0.25, 0.3) is 0 Å². The number of para-hydroxylation sites is 1. The molecule has 0 aromatic heterocycles. The zero-order valence-corrected chi connectivity index (χ0v) is 11.1. The Labute approximate surface area is 110 Å². The lowest BCUT2D eigenvalue weighted by atomic mass is 9.79. The topological polar surface area (TPSA) is 24.1 Å². The van der Waals surface area contributed by atoms with Crippen LogP contribution in [-0.4, -0.2) is 18.6 Å². The maximum atomic E-state index is 3.77. The number of benzene rings is 1. The molecular weight excluding hydrogens is 220 g/mol. The molecule has 2 heteroatoms. The molecule has 0 spiro atoms. The first-order valence-electron chi connectivity index (χ1n) is 7.48. The predicted octanol–water partition coefficient (Wildman–Crippen LogP) is 3.41. The van der Waals surface area contributed by atoms with Crippen molar-refractivity contribution in [3.8, 4) is 0 Å². The standard InChI is InChI=1S/C16H24N2/c1-2-7-13(8-3-1)18-16-10-5-4-9-14(16)15-11-6-12-17-15/h1-3,7-8,14-18H,4-6,9-12H2. The maximum Gasteiger partial charge on any atom is 0.0342 e. The second-order valence-corrected chi connectivity index (χ2v) is 5.77. The Kier molecular flexibility index (Phi) is 3.84. The van der Waals surface area contributed by atoms with Gasteiger partial charge >= 0.3 is 0 Å². The first kappa shape index (κ1) is 12.0. The monoisotopic (exact) mass is 244 g/mol. The van der Waals surface area contributed by atoms with Gasteiger partial charge in [0.05, 0.1) is 0 Å². The summed E-state index contributed by atoms with van der Waals surface area (Å²) >= 11 is 0. The molecule has 2 aliphatic rings. The fourth-order valence-corrected chi connectivity index (χ4v) is 3.65. The molecule has 3 atom stereocenters. The van der Waals surface area contributed by atoms with E-state index in [1.165, 1.54) is 50.8 Å². The van der Waals surface area contributed by atoms with E-state index in [4.69, 9.17) is 0 Å². The lowest BCUT2D eigenvalue weighted by Crippen LogP contribution is -2.43. The van der Waals surface area contributed by atoms with E-state index in [1.54, 1.807) is 0 Å². The van der Waals surface area contributed by atoms with Crippen molar-refractivity contribution in [2.75, 3.05) is 11.9 Å². The van der Waals surface area contributed by atoms with Gasteiger partial charge in [-0.15, -0.1) is 0 Å². The molecule has 0 radical (unpaired) electrons. The van der Waals surface area contributed by atoms with Gasteiger partial charge in [0.2, 0.25) is 0 Å². The summed E-state index contributed by atoms with van der Waals surface area (Å²) in [5, 5.41) is 7.47. The Hall–Kier alpha value is -1.02. The minimum Gasteiger partial charge on any atom is -0.382 e. The Morgan fingerprint density at radius 2 is 1.78 bits per heavy atom. The van der Waals surface area contributed by atoms with Crippen molar-refractivity contribution in [3.63, 3.8) is 0 Å². The predicted molar refractivity (Wildman–Crippen MR) is 76.8 cm³/mol. The minimum atomic E-state index is 0.664. The summed E-state index contributed by atoms with van der Waals surface area (Å²) in [6.45, 7) is 1.22. The molecule has 0 amide bonds. The van der Waals surface area contributed by atoms with Crippen LogP contribution in [0.3, 0.4) is 0 Å². The van der Waals surface area contributed by atoms with Crippen molar-refractivity contribution >= 4 is 5.69 Å². The number of hydrogen-bond donors (Lipinski definition) is 2. The molecule has 1 aromatic rings. The van der Waals surface area contributed by atoms with Crippen molar-refractivity contribution in [2.24, 2.45) is 5.92 Å². The fraction of sp³-hybridized carbons (Fsp3) is 0.625. The zero-order valence-electron chi connectivity index (χ0n) is 11.1. The highest BCUT2D eigenvalue weighted by atomic mass is 15.0. The molecule has 1 heterocycles. The molecule has 1 aliphatic heterocycles. The van der Waals surface area contributed by atoms with Crippen LogP contribution in [0.25, 0.3) is 0 Å². The number of nitrogens with one attached hydrogen (secondary N) is 2. The highest BCUT2D eigenvalue weighted by Crippen LogP contribution is 2.32. The second kappa shape index (κ2) is 5.75. The molecule has 1 aliphatic carbocycles. The smallest absolute Gasteiger partial charge is 0.0342 e. The number of rotatable bonds is 3. The van der Waals surface area contributed by atoms with E-state index in [0.717, 1.165) is 12.0 Å². The highest BCUT2D eigenvalue weighted by molar-refractivity contribution is 5.43. The Morgan fingerprint density at radius 1 is 0.944 bits per heavy atom. The lowest BCUT2D eigenvalue weighted by Gasteiger charge is -2.36. The van der Waals surface area contributed by atoms with Gasteiger partial charge in [-0.05, 0) is 50.3 Å². The lowest BCUT2D eigenvalue weighted by molar-refractivity contribution is 0.263.